The van der Waals surface area contributed by atoms with Crippen molar-refractivity contribution in [2.24, 2.45) is 11.8 Å². The fourth-order valence-corrected chi connectivity index (χ4v) is 3.81. The zero-order chi connectivity index (χ0) is 12.1. The summed E-state index contributed by atoms with van der Waals surface area (Å²) in [6.07, 6.45) is 4.85. The molecule has 92 valence electrons. The molecule has 0 radical (unpaired) electrons. The number of carbonyl (C=O) groups excluding carboxylic acids is 1. The molecule has 0 saturated heterocycles. The third kappa shape index (κ3) is 1.32. The predicted octanol–water partition coefficient (Wildman–Crippen LogP) is 3.64. The molecule has 1 saturated carbocycles. The van der Waals surface area contributed by atoms with Crippen molar-refractivity contribution in [2.75, 3.05) is 0 Å². The Balaban J connectivity index is 1.91. The summed E-state index contributed by atoms with van der Waals surface area (Å²) in [4.78, 5) is 12.6. The van der Waals surface area contributed by atoms with E-state index in [9.17, 15) is 4.79 Å². The van der Waals surface area contributed by atoms with Crippen molar-refractivity contribution in [2.45, 2.75) is 32.2 Å². The van der Waals surface area contributed by atoms with E-state index in [-0.39, 0.29) is 0 Å². The Morgan fingerprint density at radius 2 is 1.94 bits per heavy atom. The second kappa shape index (κ2) is 3.71. The van der Waals surface area contributed by atoms with Crippen molar-refractivity contribution in [1.82, 2.24) is 4.57 Å². The molecular formula is C16H17NO. The fourth-order valence-electron chi connectivity index (χ4n) is 3.81. The maximum absolute atomic E-state index is 12.6. The van der Waals surface area contributed by atoms with Gasteiger partial charge in [-0.1, -0.05) is 31.0 Å². The molecule has 1 aromatic carbocycles. The van der Waals surface area contributed by atoms with E-state index in [1.54, 1.807) is 0 Å². The number of para-hydroxylation sites is 1. The molecule has 2 heterocycles. The van der Waals surface area contributed by atoms with Crippen LogP contribution in [0.1, 0.15) is 36.2 Å². The van der Waals surface area contributed by atoms with Gasteiger partial charge in [0.05, 0.1) is 5.69 Å². The monoisotopic (exact) mass is 239 g/mol. The minimum Gasteiger partial charge on any atom is -0.338 e. The molecular weight excluding hydrogens is 222 g/mol. The predicted molar refractivity (Wildman–Crippen MR) is 71.7 cm³/mol. The van der Waals surface area contributed by atoms with Crippen LogP contribution in [0.3, 0.4) is 0 Å². The molecule has 1 aromatic heterocycles. The van der Waals surface area contributed by atoms with E-state index in [2.05, 4.69) is 28.8 Å². The number of ketones is 1. The van der Waals surface area contributed by atoms with Gasteiger partial charge in [-0.2, -0.15) is 0 Å². The van der Waals surface area contributed by atoms with Crippen LogP contribution in [-0.2, 0) is 6.54 Å². The minimum atomic E-state index is 0.301. The molecule has 1 aliphatic carbocycles. The smallest absolute Gasteiger partial charge is 0.182 e. The molecule has 1 aliphatic heterocycles. The highest BCUT2D eigenvalue weighted by Crippen LogP contribution is 2.39. The molecule has 2 heteroatoms. The van der Waals surface area contributed by atoms with Crippen LogP contribution in [0.5, 0.6) is 0 Å². The Hall–Kier alpha value is -1.57. The average molecular weight is 239 g/mol. The molecule has 0 spiro atoms. The van der Waals surface area contributed by atoms with Gasteiger partial charge in [-0.25, -0.2) is 0 Å². The Bertz CT molecular complexity index is 625. The third-order valence-corrected chi connectivity index (χ3v) is 4.73. The first-order valence-electron chi connectivity index (χ1n) is 6.97. The maximum atomic E-state index is 12.6. The molecule has 4 rings (SSSR count). The highest BCUT2D eigenvalue weighted by molar-refractivity contribution is 6.02. The minimum absolute atomic E-state index is 0.301. The van der Waals surface area contributed by atoms with Gasteiger partial charge in [0, 0.05) is 23.4 Å². The standard InChI is InChI=1S/C16H17NO/c18-16-13-7-3-1-6-12(13)10-17-14-8-4-2-5-11(14)9-15(16)17/h2,4-5,8-9,12-13H,1,3,6-7,10H2/t12-,13-/m1/s1. The first kappa shape index (κ1) is 10.4. The Labute approximate surface area is 107 Å². The van der Waals surface area contributed by atoms with Crippen molar-refractivity contribution >= 4 is 16.7 Å². The molecule has 18 heavy (non-hydrogen) atoms. The topological polar surface area (TPSA) is 22.0 Å². The van der Waals surface area contributed by atoms with Crippen LogP contribution in [-0.4, -0.2) is 10.4 Å². The number of hydrogen-bond donors (Lipinski definition) is 0. The van der Waals surface area contributed by atoms with Crippen LogP contribution in [0.15, 0.2) is 30.3 Å². The van der Waals surface area contributed by atoms with Gasteiger partial charge in [-0.3, -0.25) is 4.79 Å². The van der Waals surface area contributed by atoms with E-state index in [0.717, 1.165) is 18.7 Å². The molecule has 1 fully saturated rings. The van der Waals surface area contributed by atoms with Gasteiger partial charge in [0.2, 0.25) is 0 Å². The number of hydrogen-bond acceptors (Lipinski definition) is 1. The highest BCUT2D eigenvalue weighted by Gasteiger charge is 2.37. The largest absolute Gasteiger partial charge is 0.338 e. The molecule has 2 atom stereocenters. The molecule has 0 amide bonds. The van der Waals surface area contributed by atoms with Crippen LogP contribution in [0, 0.1) is 11.8 Å². The highest BCUT2D eigenvalue weighted by atomic mass is 16.1. The molecule has 2 aliphatic rings. The van der Waals surface area contributed by atoms with Crippen LogP contribution < -0.4 is 0 Å². The summed E-state index contributed by atoms with van der Waals surface area (Å²) < 4.78 is 2.25. The molecule has 0 unspecified atom stereocenters. The van der Waals surface area contributed by atoms with E-state index < -0.39 is 0 Å². The second-order valence-corrected chi connectivity index (χ2v) is 5.71. The fraction of sp³-hybridized carbons (Fsp3) is 0.438. The lowest BCUT2D eigenvalue weighted by Crippen LogP contribution is -2.36. The van der Waals surface area contributed by atoms with Crippen molar-refractivity contribution < 1.29 is 4.79 Å². The number of rotatable bonds is 0. The first-order chi connectivity index (χ1) is 8.84. The Kier molecular flexibility index (Phi) is 2.14. The lowest BCUT2D eigenvalue weighted by molar-refractivity contribution is 0.0752. The Morgan fingerprint density at radius 3 is 2.89 bits per heavy atom. The second-order valence-electron chi connectivity index (χ2n) is 5.71. The average Bonchev–Trinajstić information content (AvgIpc) is 2.79. The lowest BCUT2D eigenvalue weighted by atomic mass is 9.74. The van der Waals surface area contributed by atoms with Crippen LogP contribution in [0.25, 0.3) is 10.9 Å². The Morgan fingerprint density at radius 1 is 1.11 bits per heavy atom. The third-order valence-electron chi connectivity index (χ3n) is 4.73. The number of Topliss-reactive ketones (excluding diaryl/α,β-unsaturated/α-hetero) is 1. The van der Waals surface area contributed by atoms with Gasteiger partial charge in [0.25, 0.3) is 0 Å². The zero-order valence-electron chi connectivity index (χ0n) is 10.4. The van der Waals surface area contributed by atoms with Crippen molar-refractivity contribution in [3.8, 4) is 0 Å². The summed E-state index contributed by atoms with van der Waals surface area (Å²) in [6.45, 7) is 1.04. The van der Waals surface area contributed by atoms with Crippen LogP contribution in [0.4, 0.5) is 0 Å². The number of nitrogens with zero attached hydrogens (tertiary/aromatic N) is 1. The van der Waals surface area contributed by atoms with Gasteiger partial charge in [0.1, 0.15) is 0 Å². The van der Waals surface area contributed by atoms with Gasteiger partial charge >= 0.3 is 0 Å². The molecule has 2 nitrogen and oxygen atoms in total. The van der Waals surface area contributed by atoms with E-state index in [4.69, 9.17) is 0 Å². The van der Waals surface area contributed by atoms with E-state index >= 15 is 0 Å². The normalized spacial score (nSPS) is 27.0. The first-order valence-corrected chi connectivity index (χ1v) is 6.97. The van der Waals surface area contributed by atoms with E-state index in [1.807, 2.05) is 6.07 Å². The van der Waals surface area contributed by atoms with Gasteiger partial charge in [-0.15, -0.1) is 0 Å². The summed E-state index contributed by atoms with van der Waals surface area (Å²) >= 11 is 0. The number of aromatic nitrogens is 1. The molecule has 0 N–H and O–H groups in total. The lowest BCUT2D eigenvalue weighted by Gasteiger charge is -2.35. The summed E-state index contributed by atoms with van der Waals surface area (Å²) in [5.74, 6) is 1.27. The summed E-state index contributed by atoms with van der Waals surface area (Å²) in [7, 11) is 0. The quantitative estimate of drug-likeness (QED) is 0.688. The van der Waals surface area contributed by atoms with Gasteiger partial charge < -0.3 is 4.57 Å². The summed E-state index contributed by atoms with van der Waals surface area (Å²) in [6, 6.07) is 10.4. The van der Waals surface area contributed by atoms with E-state index in [1.165, 1.54) is 30.2 Å². The van der Waals surface area contributed by atoms with Gasteiger partial charge in [-0.05, 0) is 30.9 Å². The van der Waals surface area contributed by atoms with Crippen molar-refractivity contribution in [1.29, 1.82) is 0 Å². The number of fused-ring (bicyclic) bond motifs is 4. The molecule has 0 bridgehead atoms. The molecule has 2 aromatic rings. The van der Waals surface area contributed by atoms with Crippen molar-refractivity contribution in [3.63, 3.8) is 0 Å². The van der Waals surface area contributed by atoms with Gasteiger partial charge in [0.15, 0.2) is 5.78 Å². The van der Waals surface area contributed by atoms with Crippen molar-refractivity contribution in [3.05, 3.63) is 36.0 Å². The van der Waals surface area contributed by atoms with Crippen LogP contribution in [0.2, 0.25) is 0 Å². The maximum Gasteiger partial charge on any atom is 0.182 e. The van der Waals surface area contributed by atoms with Crippen LogP contribution >= 0.6 is 0 Å². The SMILES string of the molecule is O=C1c2cc3ccccc3n2C[C@H]2CCCC[C@@H]12. The summed E-state index contributed by atoms with van der Waals surface area (Å²) in [5, 5.41) is 1.21. The number of benzene rings is 1. The van der Waals surface area contributed by atoms with E-state index in [0.29, 0.717) is 17.6 Å². The zero-order valence-corrected chi connectivity index (χ0v) is 10.4. The number of carbonyl (C=O) groups is 1. The summed E-state index contributed by atoms with van der Waals surface area (Å²) in [5.41, 5.74) is 2.17.